The number of aromatic nitrogens is 2. The fourth-order valence-electron chi connectivity index (χ4n) is 2.90. The summed E-state index contributed by atoms with van der Waals surface area (Å²) < 4.78 is 0. The monoisotopic (exact) mass is 330 g/mol. The summed E-state index contributed by atoms with van der Waals surface area (Å²) in [6.07, 6.45) is 4.44. The van der Waals surface area contributed by atoms with E-state index in [1.165, 1.54) is 17.8 Å². The number of carbonyl (C=O) groups is 1. The van der Waals surface area contributed by atoms with Crippen molar-refractivity contribution in [3.63, 3.8) is 0 Å². The van der Waals surface area contributed by atoms with Gasteiger partial charge in [-0.1, -0.05) is 6.07 Å². The number of thiazole rings is 1. The lowest BCUT2D eigenvalue weighted by Gasteiger charge is -2.23. The molecular formula is C17H22N4OS. The lowest BCUT2D eigenvalue weighted by atomic mass is 10.2. The molecule has 6 heteroatoms. The fourth-order valence-corrected chi connectivity index (χ4v) is 3.70. The molecule has 0 aromatic carbocycles. The van der Waals surface area contributed by atoms with Crippen molar-refractivity contribution in [1.82, 2.24) is 20.2 Å². The van der Waals surface area contributed by atoms with Crippen LogP contribution >= 0.6 is 11.3 Å². The highest BCUT2D eigenvalue weighted by molar-refractivity contribution is 7.13. The Morgan fingerprint density at radius 1 is 1.43 bits per heavy atom. The van der Waals surface area contributed by atoms with Gasteiger partial charge in [0.25, 0.3) is 0 Å². The van der Waals surface area contributed by atoms with Crippen molar-refractivity contribution < 1.29 is 4.79 Å². The number of nitrogens with zero attached hydrogens (tertiary/aromatic N) is 3. The average Bonchev–Trinajstić information content (AvgIpc) is 3.15. The molecule has 0 aliphatic carbocycles. The smallest absolute Gasteiger partial charge is 0.226 e. The summed E-state index contributed by atoms with van der Waals surface area (Å²) in [6.45, 7) is 2.95. The number of pyridine rings is 1. The molecule has 122 valence electrons. The average molecular weight is 330 g/mol. The number of nitrogens with one attached hydrogen (secondary N) is 1. The second kappa shape index (κ2) is 7.19. The molecule has 3 rings (SSSR count). The number of rotatable bonds is 5. The Morgan fingerprint density at radius 3 is 3.00 bits per heavy atom. The number of carbonyl (C=O) groups excluding carboxylic acids is 1. The van der Waals surface area contributed by atoms with E-state index in [1.54, 1.807) is 6.20 Å². The Hall–Kier alpha value is -1.79. The van der Waals surface area contributed by atoms with Crippen molar-refractivity contribution in [3.8, 4) is 10.7 Å². The molecule has 2 atom stereocenters. The van der Waals surface area contributed by atoms with E-state index in [0.29, 0.717) is 18.5 Å². The van der Waals surface area contributed by atoms with Crippen molar-refractivity contribution in [1.29, 1.82) is 0 Å². The van der Waals surface area contributed by atoms with Gasteiger partial charge in [0.05, 0.1) is 17.8 Å². The molecule has 0 spiro atoms. The van der Waals surface area contributed by atoms with Crippen molar-refractivity contribution in [2.75, 3.05) is 13.6 Å². The van der Waals surface area contributed by atoms with E-state index >= 15 is 0 Å². The molecule has 1 amide bonds. The van der Waals surface area contributed by atoms with E-state index < -0.39 is 0 Å². The first kappa shape index (κ1) is 16.1. The van der Waals surface area contributed by atoms with Crippen LogP contribution in [0.3, 0.4) is 0 Å². The van der Waals surface area contributed by atoms with Crippen LogP contribution in [0.2, 0.25) is 0 Å². The predicted octanol–water partition coefficient (Wildman–Crippen LogP) is 2.35. The molecule has 1 aliphatic heterocycles. The molecule has 2 aromatic rings. The third-order valence-corrected chi connectivity index (χ3v) is 5.41. The molecule has 1 saturated heterocycles. The number of likely N-dealkylation sites (N-methyl/N-ethyl adjacent to an activating group) is 1. The highest BCUT2D eigenvalue weighted by atomic mass is 32.1. The molecule has 1 aliphatic rings. The van der Waals surface area contributed by atoms with Crippen LogP contribution in [-0.4, -0.2) is 46.5 Å². The first-order valence-corrected chi connectivity index (χ1v) is 8.86. The number of amides is 1. The minimum absolute atomic E-state index is 0.0378. The maximum absolute atomic E-state index is 12.1. The van der Waals surface area contributed by atoms with Gasteiger partial charge in [0.2, 0.25) is 5.91 Å². The first-order valence-electron chi connectivity index (χ1n) is 7.98. The number of likely N-dealkylation sites (tertiary alicyclic amines) is 1. The summed E-state index contributed by atoms with van der Waals surface area (Å²) in [5.41, 5.74) is 1.66. The fraction of sp³-hybridized carbons (Fsp3) is 0.471. The van der Waals surface area contributed by atoms with Gasteiger partial charge in [-0.05, 0) is 38.9 Å². The van der Waals surface area contributed by atoms with Crippen molar-refractivity contribution >= 4 is 17.2 Å². The van der Waals surface area contributed by atoms with Crippen LogP contribution in [0.15, 0.2) is 29.8 Å². The molecule has 0 radical (unpaired) electrons. The van der Waals surface area contributed by atoms with Gasteiger partial charge in [-0.3, -0.25) is 14.7 Å². The predicted molar refractivity (Wildman–Crippen MR) is 92.3 cm³/mol. The summed E-state index contributed by atoms with van der Waals surface area (Å²) >= 11 is 1.53. The van der Waals surface area contributed by atoms with Crippen molar-refractivity contribution in [2.24, 2.45) is 0 Å². The van der Waals surface area contributed by atoms with Crippen LogP contribution in [0.1, 0.15) is 25.5 Å². The molecule has 1 N–H and O–H groups in total. The molecule has 0 unspecified atom stereocenters. The third kappa shape index (κ3) is 3.95. The lowest BCUT2D eigenvalue weighted by Crippen LogP contribution is -2.40. The van der Waals surface area contributed by atoms with Crippen LogP contribution < -0.4 is 5.32 Å². The van der Waals surface area contributed by atoms with Gasteiger partial charge in [-0.15, -0.1) is 11.3 Å². The molecule has 3 heterocycles. The topological polar surface area (TPSA) is 58.1 Å². The molecule has 2 aromatic heterocycles. The Balaban J connectivity index is 1.52. The molecule has 0 saturated carbocycles. The van der Waals surface area contributed by atoms with Gasteiger partial charge in [0.1, 0.15) is 5.01 Å². The Labute approximate surface area is 140 Å². The van der Waals surface area contributed by atoms with E-state index in [2.05, 4.69) is 34.2 Å². The van der Waals surface area contributed by atoms with Gasteiger partial charge in [0.15, 0.2) is 0 Å². The second-order valence-corrected chi connectivity index (χ2v) is 6.94. The maximum Gasteiger partial charge on any atom is 0.226 e. The second-order valence-electron chi connectivity index (χ2n) is 6.09. The van der Waals surface area contributed by atoms with E-state index in [9.17, 15) is 4.79 Å². The first-order chi connectivity index (χ1) is 11.1. The summed E-state index contributed by atoms with van der Waals surface area (Å²) in [5, 5.41) is 5.84. The normalized spacial score (nSPS) is 21.5. The van der Waals surface area contributed by atoms with Crippen LogP contribution in [0, 0.1) is 0 Å². The summed E-state index contributed by atoms with van der Waals surface area (Å²) in [4.78, 5) is 23.3. The number of hydrogen-bond acceptors (Lipinski definition) is 5. The minimum Gasteiger partial charge on any atom is -0.354 e. The van der Waals surface area contributed by atoms with Gasteiger partial charge in [-0.25, -0.2) is 4.98 Å². The SMILES string of the molecule is C[C@H]1CC[C@@H](CNC(=O)Cc2csc(-c3ccccn3)n2)N1C. The van der Waals surface area contributed by atoms with E-state index in [4.69, 9.17) is 0 Å². The summed E-state index contributed by atoms with van der Waals surface area (Å²) in [7, 11) is 2.13. The summed E-state index contributed by atoms with van der Waals surface area (Å²) in [6, 6.07) is 6.81. The Morgan fingerprint density at radius 2 is 2.30 bits per heavy atom. The van der Waals surface area contributed by atoms with E-state index in [-0.39, 0.29) is 5.91 Å². The Kier molecular flexibility index (Phi) is 5.03. The van der Waals surface area contributed by atoms with Gasteiger partial charge in [0, 0.05) is 30.2 Å². The highest BCUT2D eigenvalue weighted by Crippen LogP contribution is 2.22. The van der Waals surface area contributed by atoms with Crippen molar-refractivity contribution in [3.05, 3.63) is 35.5 Å². The van der Waals surface area contributed by atoms with Crippen molar-refractivity contribution in [2.45, 2.75) is 38.3 Å². The van der Waals surface area contributed by atoms with Gasteiger partial charge in [-0.2, -0.15) is 0 Å². The standard InChI is InChI=1S/C17H22N4OS/c1-12-6-7-14(21(12)2)10-19-16(22)9-13-11-23-17(20-13)15-5-3-4-8-18-15/h3-5,8,11-12,14H,6-7,9-10H2,1-2H3,(H,19,22)/t12-,14-/m0/s1. The lowest BCUT2D eigenvalue weighted by molar-refractivity contribution is -0.120. The van der Waals surface area contributed by atoms with Gasteiger partial charge >= 0.3 is 0 Å². The zero-order valence-corrected chi connectivity index (χ0v) is 14.3. The third-order valence-electron chi connectivity index (χ3n) is 4.50. The molecule has 0 bridgehead atoms. The quantitative estimate of drug-likeness (QED) is 0.914. The highest BCUT2D eigenvalue weighted by Gasteiger charge is 2.27. The van der Waals surface area contributed by atoms with E-state index in [1.807, 2.05) is 23.6 Å². The Bertz CT molecular complexity index is 658. The largest absolute Gasteiger partial charge is 0.354 e. The maximum atomic E-state index is 12.1. The molecule has 5 nitrogen and oxygen atoms in total. The number of hydrogen-bond donors (Lipinski definition) is 1. The van der Waals surface area contributed by atoms with Crippen LogP contribution in [0.25, 0.3) is 10.7 Å². The zero-order valence-electron chi connectivity index (χ0n) is 13.5. The molecule has 23 heavy (non-hydrogen) atoms. The van der Waals surface area contributed by atoms with E-state index in [0.717, 1.165) is 29.4 Å². The molecule has 1 fully saturated rings. The van der Waals surface area contributed by atoms with Crippen LogP contribution in [0.5, 0.6) is 0 Å². The van der Waals surface area contributed by atoms with Gasteiger partial charge < -0.3 is 5.32 Å². The minimum atomic E-state index is 0.0378. The zero-order chi connectivity index (χ0) is 16.2. The van der Waals surface area contributed by atoms with Crippen LogP contribution in [-0.2, 0) is 11.2 Å². The van der Waals surface area contributed by atoms with Crippen LogP contribution in [0.4, 0.5) is 0 Å². The molecular weight excluding hydrogens is 308 g/mol. The summed E-state index contributed by atoms with van der Waals surface area (Å²) in [5.74, 6) is 0.0378.